The predicted octanol–water partition coefficient (Wildman–Crippen LogP) is 4.02. The molecule has 0 radical (unpaired) electrons. The van der Waals surface area contributed by atoms with E-state index in [4.69, 9.17) is 4.74 Å². The van der Waals surface area contributed by atoms with Crippen molar-refractivity contribution in [3.8, 4) is 0 Å². The summed E-state index contributed by atoms with van der Waals surface area (Å²) in [5.74, 6) is 0.451. The first-order valence-electron chi connectivity index (χ1n) is 8.04. The lowest BCUT2D eigenvalue weighted by atomic mass is 9.74. The molecule has 1 aromatic rings. The van der Waals surface area contributed by atoms with Crippen LogP contribution in [0.3, 0.4) is 0 Å². The van der Waals surface area contributed by atoms with E-state index in [-0.39, 0.29) is 5.82 Å². The minimum atomic E-state index is -0.578. The first kappa shape index (κ1) is 16.4. The van der Waals surface area contributed by atoms with Gasteiger partial charge in [-0.05, 0) is 68.7 Å². The average Bonchev–Trinajstić information content (AvgIpc) is 2.46. The third kappa shape index (κ3) is 3.83. The van der Waals surface area contributed by atoms with Gasteiger partial charge in [-0.3, -0.25) is 0 Å². The topological polar surface area (TPSA) is 29.5 Å². The van der Waals surface area contributed by atoms with Crippen molar-refractivity contribution in [1.29, 1.82) is 0 Å². The molecule has 0 saturated heterocycles. The van der Waals surface area contributed by atoms with E-state index in [1.54, 1.807) is 6.07 Å². The summed E-state index contributed by atoms with van der Waals surface area (Å²) in [5, 5.41) is 10.8. The maximum absolute atomic E-state index is 13.4. The first-order chi connectivity index (χ1) is 9.97. The Bertz CT molecular complexity index is 464. The lowest BCUT2D eigenvalue weighted by Crippen LogP contribution is -2.48. The van der Waals surface area contributed by atoms with Crippen LogP contribution in [0, 0.1) is 18.7 Å². The number of rotatable bonds is 5. The van der Waals surface area contributed by atoms with E-state index >= 15 is 0 Å². The van der Waals surface area contributed by atoms with Crippen LogP contribution in [0.5, 0.6) is 0 Å². The summed E-state index contributed by atoms with van der Waals surface area (Å²) in [6, 6.07) is 4.77. The molecule has 1 atom stereocenters. The summed E-state index contributed by atoms with van der Waals surface area (Å²) in [7, 11) is 0. The maximum atomic E-state index is 13.4. The number of aliphatic hydroxyl groups is 1. The second-order valence-electron chi connectivity index (χ2n) is 6.47. The molecule has 1 fully saturated rings. The normalized spacial score (nSPS) is 27.6. The van der Waals surface area contributed by atoms with Crippen LogP contribution in [0.4, 0.5) is 4.39 Å². The fourth-order valence-corrected chi connectivity index (χ4v) is 3.37. The van der Waals surface area contributed by atoms with Crippen molar-refractivity contribution in [1.82, 2.24) is 0 Å². The molecule has 0 bridgehead atoms. The Morgan fingerprint density at radius 1 is 1.38 bits per heavy atom. The van der Waals surface area contributed by atoms with Crippen molar-refractivity contribution in [3.05, 3.63) is 35.1 Å². The standard InChI is InChI=1S/C18H27FO2/c1-4-21-18(9-7-13(2)8-10-18)17(20)12-15-11-16(19)6-5-14(15)3/h5-6,11,13,17,20H,4,7-10,12H2,1-3H3. The Balaban J connectivity index is 2.15. The highest BCUT2D eigenvalue weighted by atomic mass is 19.1. The first-order valence-corrected chi connectivity index (χ1v) is 8.04. The van der Waals surface area contributed by atoms with Crippen molar-refractivity contribution in [2.75, 3.05) is 6.61 Å². The van der Waals surface area contributed by atoms with E-state index in [1.807, 2.05) is 13.8 Å². The monoisotopic (exact) mass is 294 g/mol. The molecule has 21 heavy (non-hydrogen) atoms. The Morgan fingerprint density at radius 3 is 2.67 bits per heavy atom. The van der Waals surface area contributed by atoms with Gasteiger partial charge in [-0.1, -0.05) is 13.0 Å². The zero-order valence-electron chi connectivity index (χ0n) is 13.4. The molecule has 1 unspecified atom stereocenters. The number of aliphatic hydroxyl groups excluding tert-OH is 1. The second-order valence-corrected chi connectivity index (χ2v) is 6.47. The van der Waals surface area contributed by atoms with Crippen LogP contribution in [0.25, 0.3) is 0 Å². The number of aryl methyl sites for hydroxylation is 1. The Morgan fingerprint density at radius 2 is 2.05 bits per heavy atom. The molecule has 1 saturated carbocycles. The SMILES string of the molecule is CCOC1(C(O)Cc2cc(F)ccc2C)CCC(C)CC1. The molecule has 1 aromatic carbocycles. The predicted molar refractivity (Wildman–Crippen MR) is 82.8 cm³/mol. The Labute approximate surface area is 127 Å². The zero-order valence-corrected chi connectivity index (χ0v) is 13.4. The van der Waals surface area contributed by atoms with E-state index in [0.29, 0.717) is 18.9 Å². The van der Waals surface area contributed by atoms with Gasteiger partial charge in [0.05, 0.1) is 11.7 Å². The van der Waals surface area contributed by atoms with E-state index in [1.165, 1.54) is 12.1 Å². The van der Waals surface area contributed by atoms with Gasteiger partial charge in [0.1, 0.15) is 5.82 Å². The molecular formula is C18H27FO2. The van der Waals surface area contributed by atoms with Crippen LogP contribution < -0.4 is 0 Å². The summed E-state index contributed by atoms with van der Waals surface area (Å²) >= 11 is 0. The number of halogens is 1. The number of benzene rings is 1. The van der Waals surface area contributed by atoms with Gasteiger partial charge < -0.3 is 9.84 Å². The van der Waals surface area contributed by atoms with E-state index in [0.717, 1.165) is 36.8 Å². The molecule has 1 aliphatic rings. The molecule has 0 heterocycles. The summed E-state index contributed by atoms with van der Waals surface area (Å²) in [6.07, 6.45) is 3.82. The average molecular weight is 294 g/mol. The third-order valence-corrected chi connectivity index (χ3v) is 4.88. The highest BCUT2D eigenvalue weighted by molar-refractivity contribution is 5.27. The molecular weight excluding hydrogens is 267 g/mol. The summed E-state index contributed by atoms with van der Waals surface area (Å²) in [4.78, 5) is 0. The van der Waals surface area contributed by atoms with E-state index in [2.05, 4.69) is 6.92 Å². The van der Waals surface area contributed by atoms with Gasteiger partial charge in [0.2, 0.25) is 0 Å². The van der Waals surface area contributed by atoms with Gasteiger partial charge >= 0.3 is 0 Å². The van der Waals surface area contributed by atoms with Crippen molar-refractivity contribution in [3.63, 3.8) is 0 Å². The van der Waals surface area contributed by atoms with Gasteiger partial charge in [0.15, 0.2) is 0 Å². The van der Waals surface area contributed by atoms with Crippen LogP contribution in [-0.2, 0) is 11.2 Å². The lowest BCUT2D eigenvalue weighted by Gasteiger charge is -2.42. The quantitative estimate of drug-likeness (QED) is 0.888. The van der Waals surface area contributed by atoms with Crippen molar-refractivity contribution in [2.45, 2.75) is 64.6 Å². The molecule has 118 valence electrons. The van der Waals surface area contributed by atoms with Gasteiger partial charge in [0.25, 0.3) is 0 Å². The Hall–Kier alpha value is -0.930. The number of ether oxygens (including phenoxy) is 1. The maximum Gasteiger partial charge on any atom is 0.123 e. The van der Waals surface area contributed by atoms with Crippen LogP contribution in [0.1, 0.15) is 50.7 Å². The largest absolute Gasteiger partial charge is 0.390 e. The summed E-state index contributed by atoms with van der Waals surface area (Å²) in [5.41, 5.74) is 1.44. The fourth-order valence-electron chi connectivity index (χ4n) is 3.37. The molecule has 0 spiro atoms. The number of hydrogen-bond donors (Lipinski definition) is 1. The molecule has 0 amide bonds. The van der Waals surface area contributed by atoms with E-state index < -0.39 is 11.7 Å². The molecule has 0 aliphatic heterocycles. The summed E-state index contributed by atoms with van der Waals surface area (Å²) < 4.78 is 19.4. The van der Waals surface area contributed by atoms with Crippen LogP contribution in [-0.4, -0.2) is 23.4 Å². The fraction of sp³-hybridized carbons (Fsp3) is 0.667. The highest BCUT2D eigenvalue weighted by Crippen LogP contribution is 2.38. The molecule has 2 nitrogen and oxygen atoms in total. The zero-order chi connectivity index (χ0) is 15.5. The van der Waals surface area contributed by atoms with Gasteiger partial charge in [-0.2, -0.15) is 0 Å². The lowest BCUT2D eigenvalue weighted by molar-refractivity contribution is -0.143. The molecule has 3 heteroatoms. The third-order valence-electron chi connectivity index (χ3n) is 4.88. The summed E-state index contributed by atoms with van der Waals surface area (Å²) in [6.45, 7) is 6.78. The minimum absolute atomic E-state index is 0.245. The van der Waals surface area contributed by atoms with Gasteiger partial charge in [-0.15, -0.1) is 0 Å². The van der Waals surface area contributed by atoms with Crippen LogP contribution in [0.2, 0.25) is 0 Å². The smallest absolute Gasteiger partial charge is 0.123 e. The highest BCUT2D eigenvalue weighted by Gasteiger charge is 2.41. The minimum Gasteiger partial charge on any atom is -0.390 e. The molecule has 2 rings (SSSR count). The van der Waals surface area contributed by atoms with Crippen LogP contribution >= 0.6 is 0 Å². The van der Waals surface area contributed by atoms with E-state index in [9.17, 15) is 9.50 Å². The van der Waals surface area contributed by atoms with Crippen molar-refractivity contribution in [2.24, 2.45) is 5.92 Å². The van der Waals surface area contributed by atoms with Gasteiger partial charge in [-0.25, -0.2) is 4.39 Å². The molecule has 1 N–H and O–H groups in total. The second kappa shape index (κ2) is 6.89. The van der Waals surface area contributed by atoms with Crippen molar-refractivity contribution >= 4 is 0 Å². The molecule has 0 aromatic heterocycles. The molecule has 1 aliphatic carbocycles. The van der Waals surface area contributed by atoms with Crippen LogP contribution in [0.15, 0.2) is 18.2 Å². The Kier molecular flexibility index (Phi) is 5.39. The van der Waals surface area contributed by atoms with Gasteiger partial charge in [0, 0.05) is 13.0 Å². The number of hydrogen-bond acceptors (Lipinski definition) is 2. The van der Waals surface area contributed by atoms with Crippen molar-refractivity contribution < 1.29 is 14.2 Å².